The zero-order valence-corrected chi connectivity index (χ0v) is 16.5. The van der Waals surface area contributed by atoms with Crippen molar-refractivity contribution < 1.29 is 26.4 Å². The van der Waals surface area contributed by atoms with Crippen LogP contribution in [0, 0.1) is 17.5 Å². The highest BCUT2D eigenvalue weighted by atomic mass is 32.2. The quantitative estimate of drug-likeness (QED) is 0.638. The molecule has 0 aromatic heterocycles. The minimum Gasteiger partial charge on any atom is -0.370 e. The summed E-state index contributed by atoms with van der Waals surface area (Å²) in [4.78, 5) is 12.5. The van der Waals surface area contributed by atoms with Crippen LogP contribution < -0.4 is 16.0 Å². The number of piperidine rings is 1. The molecule has 2 heterocycles. The molecule has 160 valence electrons. The number of benzene rings is 2. The number of amides is 1. The van der Waals surface area contributed by atoms with E-state index in [9.17, 15) is 26.4 Å². The van der Waals surface area contributed by atoms with Crippen molar-refractivity contribution in [3.05, 3.63) is 53.3 Å². The van der Waals surface area contributed by atoms with E-state index in [2.05, 4.69) is 16.0 Å². The van der Waals surface area contributed by atoms with Gasteiger partial charge in [0.15, 0.2) is 17.5 Å². The van der Waals surface area contributed by atoms with Crippen LogP contribution in [-0.2, 0) is 10.0 Å². The number of hydrogen-bond donors (Lipinski definition) is 3. The van der Waals surface area contributed by atoms with Crippen LogP contribution in [0.25, 0.3) is 0 Å². The molecule has 4 rings (SSSR count). The van der Waals surface area contributed by atoms with Crippen LogP contribution in [0.15, 0.2) is 35.2 Å². The van der Waals surface area contributed by atoms with Gasteiger partial charge in [0.25, 0.3) is 5.91 Å². The molecule has 3 N–H and O–H groups in total. The van der Waals surface area contributed by atoms with Crippen LogP contribution in [-0.4, -0.2) is 44.4 Å². The van der Waals surface area contributed by atoms with Crippen molar-refractivity contribution in [2.24, 2.45) is 0 Å². The number of sulfonamides is 1. The highest BCUT2D eigenvalue weighted by molar-refractivity contribution is 7.89. The van der Waals surface area contributed by atoms with E-state index in [0.717, 1.165) is 13.1 Å². The third-order valence-corrected chi connectivity index (χ3v) is 7.15. The SMILES string of the molecule is O=C(Nc1cc(F)c(F)c(F)c1)c1ccc2c(c1)S(=O)(=O)N(C1CCNCC1)CN2. The van der Waals surface area contributed by atoms with Gasteiger partial charge < -0.3 is 16.0 Å². The first-order valence-corrected chi connectivity index (χ1v) is 10.8. The first kappa shape index (κ1) is 20.6. The van der Waals surface area contributed by atoms with Gasteiger partial charge >= 0.3 is 0 Å². The number of halogens is 3. The molecule has 2 aromatic rings. The van der Waals surface area contributed by atoms with Gasteiger partial charge in [-0.2, -0.15) is 4.31 Å². The van der Waals surface area contributed by atoms with Gasteiger partial charge in [-0.1, -0.05) is 0 Å². The number of fused-ring (bicyclic) bond motifs is 1. The van der Waals surface area contributed by atoms with Gasteiger partial charge in [0.1, 0.15) is 4.90 Å². The molecular formula is C19H19F3N4O3S. The molecule has 0 spiro atoms. The lowest BCUT2D eigenvalue weighted by molar-refractivity contribution is 0.102. The van der Waals surface area contributed by atoms with E-state index >= 15 is 0 Å². The summed E-state index contributed by atoms with van der Waals surface area (Å²) in [6, 6.07) is 5.22. The van der Waals surface area contributed by atoms with Crippen molar-refractivity contribution in [1.82, 2.24) is 9.62 Å². The van der Waals surface area contributed by atoms with E-state index in [1.165, 1.54) is 22.5 Å². The minimum atomic E-state index is -3.84. The lowest BCUT2D eigenvalue weighted by Gasteiger charge is -2.37. The first-order valence-electron chi connectivity index (χ1n) is 9.34. The molecule has 0 unspecified atom stereocenters. The fourth-order valence-electron chi connectivity index (χ4n) is 3.65. The number of nitrogens with one attached hydrogen (secondary N) is 3. The number of carbonyl (C=O) groups excluding carboxylic acids is 1. The molecule has 30 heavy (non-hydrogen) atoms. The Bertz CT molecular complexity index is 1080. The Morgan fingerprint density at radius 1 is 1.07 bits per heavy atom. The average Bonchev–Trinajstić information content (AvgIpc) is 2.72. The van der Waals surface area contributed by atoms with Crippen molar-refractivity contribution >= 4 is 27.3 Å². The van der Waals surface area contributed by atoms with Crippen molar-refractivity contribution in [2.45, 2.75) is 23.8 Å². The molecule has 0 radical (unpaired) electrons. The molecule has 1 fully saturated rings. The molecule has 2 aliphatic rings. The maximum absolute atomic E-state index is 13.4. The Morgan fingerprint density at radius 2 is 1.73 bits per heavy atom. The zero-order valence-electron chi connectivity index (χ0n) is 15.7. The molecule has 1 amide bonds. The summed E-state index contributed by atoms with van der Waals surface area (Å²) in [5.74, 6) is -5.31. The normalized spacial score (nSPS) is 19.0. The third kappa shape index (κ3) is 3.75. The number of hydrogen-bond acceptors (Lipinski definition) is 5. The molecule has 0 atom stereocenters. The fourth-order valence-corrected chi connectivity index (χ4v) is 5.43. The van der Waals surface area contributed by atoms with Crippen molar-refractivity contribution in [3.8, 4) is 0 Å². The van der Waals surface area contributed by atoms with Crippen molar-refractivity contribution in [3.63, 3.8) is 0 Å². The third-order valence-electron chi connectivity index (χ3n) is 5.21. The molecule has 0 saturated carbocycles. The average molecular weight is 440 g/mol. The summed E-state index contributed by atoms with van der Waals surface area (Å²) in [7, 11) is -3.84. The van der Waals surface area contributed by atoms with Crippen LogP contribution in [0.4, 0.5) is 24.5 Å². The van der Waals surface area contributed by atoms with E-state index in [-0.39, 0.29) is 28.9 Å². The Kier molecular flexibility index (Phi) is 5.43. The molecule has 2 aliphatic heterocycles. The number of carbonyl (C=O) groups is 1. The van der Waals surface area contributed by atoms with Gasteiger partial charge in [0, 0.05) is 29.4 Å². The molecule has 2 aromatic carbocycles. The maximum Gasteiger partial charge on any atom is 0.255 e. The molecule has 0 aliphatic carbocycles. The highest BCUT2D eigenvalue weighted by Crippen LogP contribution is 2.33. The van der Waals surface area contributed by atoms with Gasteiger partial charge in [0.2, 0.25) is 10.0 Å². The summed E-state index contributed by atoms with van der Waals surface area (Å²) in [5.41, 5.74) is 0.0680. The summed E-state index contributed by atoms with van der Waals surface area (Å²) in [6.45, 7) is 1.58. The molecule has 11 heteroatoms. The lowest BCUT2D eigenvalue weighted by atomic mass is 10.1. The number of rotatable bonds is 3. The van der Waals surface area contributed by atoms with E-state index in [1.807, 2.05) is 0 Å². The largest absolute Gasteiger partial charge is 0.370 e. The second-order valence-corrected chi connectivity index (χ2v) is 8.99. The summed E-state index contributed by atoms with van der Waals surface area (Å²) in [6.07, 6.45) is 1.36. The molecule has 0 bridgehead atoms. The van der Waals surface area contributed by atoms with E-state index in [4.69, 9.17) is 0 Å². The Hall–Kier alpha value is -2.63. The second-order valence-electron chi connectivity index (χ2n) is 7.13. The predicted molar refractivity (Wildman–Crippen MR) is 104 cm³/mol. The van der Waals surface area contributed by atoms with E-state index < -0.39 is 33.4 Å². The van der Waals surface area contributed by atoms with Crippen molar-refractivity contribution in [2.75, 3.05) is 30.4 Å². The van der Waals surface area contributed by atoms with Crippen molar-refractivity contribution in [1.29, 1.82) is 0 Å². The fraction of sp³-hybridized carbons (Fsp3) is 0.316. The number of anilines is 2. The smallest absolute Gasteiger partial charge is 0.255 e. The van der Waals surface area contributed by atoms with E-state index in [1.54, 1.807) is 0 Å². The number of nitrogens with zero attached hydrogens (tertiary/aromatic N) is 1. The minimum absolute atomic E-state index is 0.0172. The van der Waals surface area contributed by atoms with Gasteiger partial charge in [0.05, 0.1) is 12.4 Å². The Labute approximate surface area is 171 Å². The molecular weight excluding hydrogens is 421 g/mol. The predicted octanol–water partition coefficient (Wildman–Crippen LogP) is 2.48. The first-order chi connectivity index (χ1) is 14.3. The molecule has 7 nitrogen and oxygen atoms in total. The lowest BCUT2D eigenvalue weighted by Crippen LogP contribution is -2.50. The van der Waals surface area contributed by atoms with E-state index in [0.29, 0.717) is 30.7 Å². The van der Waals surface area contributed by atoms with Crippen LogP contribution in [0.1, 0.15) is 23.2 Å². The summed E-state index contributed by atoms with van der Waals surface area (Å²) in [5, 5.41) is 8.50. The second kappa shape index (κ2) is 7.89. The van der Waals surface area contributed by atoms with Crippen LogP contribution in [0.2, 0.25) is 0 Å². The Balaban J connectivity index is 1.61. The zero-order chi connectivity index (χ0) is 21.5. The highest BCUT2D eigenvalue weighted by Gasteiger charge is 2.37. The van der Waals surface area contributed by atoms with Gasteiger partial charge in [-0.05, 0) is 44.1 Å². The van der Waals surface area contributed by atoms with Gasteiger partial charge in [-0.15, -0.1) is 0 Å². The Morgan fingerprint density at radius 3 is 2.40 bits per heavy atom. The standard InChI is InChI=1S/C19H19F3N4O3S/c20-14-8-12(9-15(21)18(14)22)25-19(27)11-1-2-16-17(7-11)30(28,29)26(10-24-16)13-3-5-23-6-4-13/h1-2,7-9,13,23-24H,3-6,10H2,(H,25,27). The van der Waals surface area contributed by atoms with Crippen LogP contribution >= 0.6 is 0 Å². The van der Waals surface area contributed by atoms with Crippen LogP contribution in [0.3, 0.4) is 0 Å². The summed E-state index contributed by atoms with van der Waals surface area (Å²) < 4.78 is 67.5. The van der Waals surface area contributed by atoms with Gasteiger partial charge in [-0.25, -0.2) is 21.6 Å². The monoisotopic (exact) mass is 440 g/mol. The molecule has 1 saturated heterocycles. The van der Waals surface area contributed by atoms with Gasteiger partial charge in [-0.3, -0.25) is 4.79 Å². The van der Waals surface area contributed by atoms with Crippen LogP contribution in [0.5, 0.6) is 0 Å². The summed E-state index contributed by atoms with van der Waals surface area (Å²) >= 11 is 0. The maximum atomic E-state index is 13.4. The topological polar surface area (TPSA) is 90.5 Å².